The van der Waals surface area contributed by atoms with Gasteiger partial charge < -0.3 is 19.3 Å². The van der Waals surface area contributed by atoms with Crippen LogP contribution in [0.4, 0.5) is 0 Å². The van der Waals surface area contributed by atoms with E-state index in [0.717, 1.165) is 36.8 Å². The predicted octanol–water partition coefficient (Wildman–Crippen LogP) is 8.41. The number of ether oxygens (including phenoxy) is 3. The zero-order valence-electron chi connectivity index (χ0n) is 23.3. The fraction of sp³-hybridized carbons (Fsp3) is 0.600. The first-order valence-corrected chi connectivity index (χ1v) is 12.3. The van der Waals surface area contributed by atoms with Gasteiger partial charge in [0.2, 0.25) is 11.5 Å². The van der Waals surface area contributed by atoms with E-state index in [-0.39, 0.29) is 16.6 Å². The van der Waals surface area contributed by atoms with Crippen LogP contribution in [0, 0.1) is 17.8 Å². The molecule has 4 heteroatoms. The number of fused-ring (bicyclic) bond motifs is 1. The van der Waals surface area contributed by atoms with E-state index < -0.39 is 5.60 Å². The third-order valence-corrected chi connectivity index (χ3v) is 6.63. The van der Waals surface area contributed by atoms with Crippen molar-refractivity contribution in [1.29, 1.82) is 0 Å². The summed E-state index contributed by atoms with van der Waals surface area (Å²) < 4.78 is 17.6. The average Bonchev–Trinajstić information content (AvgIpc) is 2.72. The highest BCUT2D eigenvalue weighted by atomic mass is 16.5. The van der Waals surface area contributed by atoms with Gasteiger partial charge in [0.15, 0.2) is 11.5 Å². The third-order valence-electron chi connectivity index (χ3n) is 6.63. The van der Waals surface area contributed by atoms with Crippen molar-refractivity contribution in [3.8, 4) is 23.0 Å². The molecule has 0 aliphatic carbocycles. The Hall–Kier alpha value is -2.36. The number of hydrogen-bond acceptors (Lipinski definition) is 4. The molecule has 1 heterocycles. The second-order valence-electron chi connectivity index (χ2n) is 12.0. The summed E-state index contributed by atoms with van der Waals surface area (Å²) in [5.74, 6) is 1.46. The summed E-state index contributed by atoms with van der Waals surface area (Å²) in [5, 5.41) is 10.5. The number of benzene rings is 1. The van der Waals surface area contributed by atoms with Crippen molar-refractivity contribution in [2.45, 2.75) is 93.6 Å². The van der Waals surface area contributed by atoms with Crippen molar-refractivity contribution in [2.75, 3.05) is 14.2 Å². The molecule has 0 fully saturated rings. The van der Waals surface area contributed by atoms with Crippen LogP contribution in [0.1, 0.15) is 92.2 Å². The summed E-state index contributed by atoms with van der Waals surface area (Å²) in [5.41, 5.74) is 4.17. The minimum absolute atomic E-state index is 0.0329. The molecule has 1 aromatic carbocycles. The molecule has 0 amide bonds. The molecule has 1 atom stereocenters. The van der Waals surface area contributed by atoms with E-state index in [1.54, 1.807) is 7.11 Å². The summed E-state index contributed by atoms with van der Waals surface area (Å²) in [7, 11) is 3.10. The number of methoxy groups -OCH3 is 2. The molecule has 190 valence electrons. The quantitative estimate of drug-likeness (QED) is 0.349. The highest BCUT2D eigenvalue weighted by Crippen LogP contribution is 2.53. The topological polar surface area (TPSA) is 47.9 Å². The standard InChI is InChI=1S/C30H46O4/c1-20(2)12-15-28(5,6)18-21(3)13-16-29(7,8)19-30(9)17-14-23-22(4)24(31)26(32-10)27(33-11)25(23)34-30/h12-14,17,31H,15-16,18-19H2,1-11H3/b21-13+. The van der Waals surface area contributed by atoms with E-state index in [1.807, 2.05) is 13.0 Å². The fourth-order valence-corrected chi connectivity index (χ4v) is 4.95. The van der Waals surface area contributed by atoms with E-state index in [9.17, 15) is 5.11 Å². The zero-order chi connectivity index (χ0) is 25.9. The van der Waals surface area contributed by atoms with Gasteiger partial charge in [-0.05, 0) is 77.2 Å². The van der Waals surface area contributed by atoms with Crippen LogP contribution in [-0.4, -0.2) is 24.9 Å². The summed E-state index contributed by atoms with van der Waals surface area (Å²) in [6.45, 7) is 19.8. The molecule has 0 radical (unpaired) electrons. The third kappa shape index (κ3) is 6.84. The van der Waals surface area contributed by atoms with Crippen LogP contribution in [0.25, 0.3) is 6.08 Å². The normalized spacial score (nSPS) is 18.3. The molecule has 1 unspecified atom stereocenters. The molecule has 2 rings (SSSR count). The fourth-order valence-electron chi connectivity index (χ4n) is 4.95. The Bertz CT molecular complexity index is 974. The van der Waals surface area contributed by atoms with Crippen LogP contribution in [0.2, 0.25) is 0 Å². The molecule has 1 aromatic rings. The van der Waals surface area contributed by atoms with Gasteiger partial charge in [-0.2, -0.15) is 0 Å². The van der Waals surface area contributed by atoms with Gasteiger partial charge >= 0.3 is 0 Å². The Morgan fingerprint density at radius 3 is 2.15 bits per heavy atom. The van der Waals surface area contributed by atoms with Crippen LogP contribution < -0.4 is 14.2 Å². The minimum Gasteiger partial charge on any atom is -0.504 e. The van der Waals surface area contributed by atoms with Crippen LogP contribution in [0.15, 0.2) is 29.4 Å². The molecule has 1 aliphatic rings. The summed E-state index contributed by atoms with van der Waals surface area (Å²) in [6, 6.07) is 0. The number of phenolic OH excluding ortho intramolecular Hbond substituents is 1. The maximum Gasteiger partial charge on any atom is 0.207 e. The minimum atomic E-state index is -0.497. The van der Waals surface area contributed by atoms with E-state index >= 15 is 0 Å². The molecule has 0 saturated carbocycles. The van der Waals surface area contributed by atoms with Crippen LogP contribution in [0.5, 0.6) is 23.0 Å². The number of phenols is 1. The van der Waals surface area contributed by atoms with Crippen LogP contribution in [0.3, 0.4) is 0 Å². The van der Waals surface area contributed by atoms with Crippen molar-refractivity contribution in [3.63, 3.8) is 0 Å². The Balaban J connectivity index is 2.20. The van der Waals surface area contributed by atoms with Crippen LogP contribution in [-0.2, 0) is 0 Å². The lowest BCUT2D eigenvalue weighted by atomic mass is 9.76. The Morgan fingerprint density at radius 1 is 1.00 bits per heavy atom. The largest absolute Gasteiger partial charge is 0.504 e. The van der Waals surface area contributed by atoms with Gasteiger partial charge in [0.1, 0.15) is 5.60 Å². The van der Waals surface area contributed by atoms with Crippen molar-refractivity contribution in [3.05, 3.63) is 40.5 Å². The van der Waals surface area contributed by atoms with E-state index in [2.05, 4.69) is 73.6 Å². The average molecular weight is 471 g/mol. The van der Waals surface area contributed by atoms with Gasteiger partial charge in [-0.25, -0.2) is 0 Å². The van der Waals surface area contributed by atoms with Gasteiger partial charge in [-0.15, -0.1) is 0 Å². The first-order chi connectivity index (χ1) is 15.6. The first-order valence-electron chi connectivity index (χ1n) is 12.3. The summed E-state index contributed by atoms with van der Waals surface area (Å²) in [6.07, 6.45) is 12.9. The second-order valence-corrected chi connectivity index (χ2v) is 12.0. The van der Waals surface area contributed by atoms with Crippen molar-refractivity contribution in [1.82, 2.24) is 0 Å². The molecule has 34 heavy (non-hydrogen) atoms. The molecule has 0 spiro atoms. The highest BCUT2D eigenvalue weighted by molar-refractivity contribution is 5.76. The molecular weight excluding hydrogens is 424 g/mol. The number of aromatic hydroxyl groups is 1. The lowest BCUT2D eigenvalue weighted by Crippen LogP contribution is -2.37. The SMILES string of the molecule is COc1c(O)c(C)c2c(c1OC)OC(C)(CC(C)(C)C/C=C(\C)CC(C)(C)CC=C(C)C)C=C2. The molecule has 0 saturated heterocycles. The summed E-state index contributed by atoms with van der Waals surface area (Å²) in [4.78, 5) is 0. The maximum atomic E-state index is 10.5. The van der Waals surface area contributed by atoms with Gasteiger partial charge in [0.05, 0.1) is 14.2 Å². The van der Waals surface area contributed by atoms with Crippen molar-refractivity contribution >= 4 is 6.08 Å². The molecule has 1 aliphatic heterocycles. The van der Waals surface area contributed by atoms with Gasteiger partial charge in [-0.1, -0.05) is 57.1 Å². The predicted molar refractivity (Wildman–Crippen MR) is 143 cm³/mol. The van der Waals surface area contributed by atoms with Gasteiger partial charge in [-0.3, -0.25) is 0 Å². The number of allylic oxidation sites excluding steroid dienone is 4. The first kappa shape index (κ1) is 27.9. The molecule has 0 aromatic heterocycles. The van der Waals surface area contributed by atoms with Crippen LogP contribution >= 0.6 is 0 Å². The molecule has 1 N–H and O–H groups in total. The zero-order valence-corrected chi connectivity index (χ0v) is 23.3. The lowest BCUT2D eigenvalue weighted by molar-refractivity contribution is 0.0774. The molecule has 4 nitrogen and oxygen atoms in total. The highest BCUT2D eigenvalue weighted by Gasteiger charge is 2.37. The maximum absolute atomic E-state index is 10.5. The molecule has 0 bridgehead atoms. The van der Waals surface area contributed by atoms with E-state index in [1.165, 1.54) is 18.3 Å². The van der Waals surface area contributed by atoms with E-state index in [4.69, 9.17) is 14.2 Å². The lowest BCUT2D eigenvalue weighted by Gasteiger charge is -2.39. The van der Waals surface area contributed by atoms with Gasteiger partial charge in [0.25, 0.3) is 0 Å². The van der Waals surface area contributed by atoms with Crippen molar-refractivity contribution < 1.29 is 19.3 Å². The van der Waals surface area contributed by atoms with E-state index in [0.29, 0.717) is 17.2 Å². The Labute approximate surface area is 207 Å². The molecular formula is C30H46O4. The number of hydrogen-bond donors (Lipinski definition) is 1. The Kier molecular flexibility index (Phi) is 8.61. The Morgan fingerprint density at radius 2 is 1.59 bits per heavy atom. The monoisotopic (exact) mass is 470 g/mol. The number of rotatable bonds is 10. The van der Waals surface area contributed by atoms with Crippen molar-refractivity contribution in [2.24, 2.45) is 10.8 Å². The van der Waals surface area contributed by atoms with Gasteiger partial charge in [0, 0.05) is 11.1 Å². The second kappa shape index (κ2) is 10.5. The summed E-state index contributed by atoms with van der Waals surface area (Å²) >= 11 is 0. The smallest absolute Gasteiger partial charge is 0.207 e.